The van der Waals surface area contributed by atoms with Gasteiger partial charge in [0.05, 0.1) is 17.4 Å². The lowest BCUT2D eigenvalue weighted by Gasteiger charge is -2.41. The second-order valence-corrected chi connectivity index (χ2v) is 6.31. The smallest absolute Gasteiger partial charge is 0.385 e. The summed E-state index contributed by atoms with van der Waals surface area (Å²) in [5.74, 6) is 0. The van der Waals surface area contributed by atoms with Crippen LogP contribution in [0.2, 0.25) is 0 Å². The third-order valence-corrected chi connectivity index (χ3v) is 4.43. The van der Waals surface area contributed by atoms with E-state index in [4.69, 9.17) is 0 Å². The molecule has 4 nitrogen and oxygen atoms in total. The van der Waals surface area contributed by atoms with Gasteiger partial charge in [0.25, 0.3) is 0 Å². The van der Waals surface area contributed by atoms with E-state index >= 15 is 0 Å². The molecule has 1 aromatic heterocycles. The fourth-order valence-electron chi connectivity index (χ4n) is 3.32. The number of hydrogen-bond donors (Lipinski definition) is 2. The molecule has 128 valence electrons. The molecule has 0 aliphatic carbocycles. The summed E-state index contributed by atoms with van der Waals surface area (Å²) in [5.41, 5.74) is -0.521. The van der Waals surface area contributed by atoms with Crippen molar-refractivity contribution < 1.29 is 18.3 Å². The molecule has 3 atom stereocenters. The number of benzene rings is 1. The highest BCUT2D eigenvalue weighted by Crippen LogP contribution is 2.40. The molecule has 0 spiro atoms. The molecule has 2 heterocycles. The highest BCUT2D eigenvalue weighted by atomic mass is 19.4. The highest BCUT2D eigenvalue weighted by molar-refractivity contribution is 5.30. The van der Waals surface area contributed by atoms with Crippen molar-refractivity contribution in [2.24, 2.45) is 0 Å². The number of piperidine rings is 1. The fraction of sp³-hybridized carbons (Fsp3) is 0.412. The Bertz CT molecular complexity index is 690. The van der Waals surface area contributed by atoms with Crippen molar-refractivity contribution >= 4 is 0 Å². The quantitative estimate of drug-likeness (QED) is 0.884. The number of aromatic nitrogens is 2. The Morgan fingerprint density at radius 2 is 1.83 bits per heavy atom. The number of nitrogens with one attached hydrogen (secondary N) is 1. The molecule has 7 heteroatoms. The molecule has 1 aliphatic rings. The largest absolute Gasteiger partial charge is 0.416 e. The Balaban J connectivity index is 1.88. The van der Waals surface area contributed by atoms with Gasteiger partial charge in [-0.05, 0) is 49.1 Å². The first kappa shape index (κ1) is 16.9. The van der Waals surface area contributed by atoms with Crippen molar-refractivity contribution in [1.82, 2.24) is 15.5 Å². The van der Waals surface area contributed by atoms with Gasteiger partial charge in [-0.15, -0.1) is 0 Å². The number of rotatable bonds is 2. The molecule has 1 fully saturated rings. The molecule has 0 bridgehead atoms. The number of hydrogen-bond acceptors (Lipinski definition) is 4. The van der Waals surface area contributed by atoms with E-state index in [2.05, 4.69) is 15.5 Å². The van der Waals surface area contributed by atoms with Crippen LogP contribution in [-0.2, 0) is 11.8 Å². The normalized spacial score (nSPS) is 27.9. The SMILES string of the molecule is C[C@H]1CC(O)(c2ccc(C(F)(F)F)cc2)C[C@@H](c2ccnnc2)N1. The first-order valence-corrected chi connectivity index (χ1v) is 7.71. The maximum Gasteiger partial charge on any atom is 0.416 e. The van der Waals surface area contributed by atoms with Gasteiger partial charge in [-0.25, -0.2) is 0 Å². The van der Waals surface area contributed by atoms with E-state index in [0.717, 1.165) is 17.7 Å². The maximum atomic E-state index is 12.7. The first-order chi connectivity index (χ1) is 11.3. The zero-order valence-corrected chi connectivity index (χ0v) is 13.1. The minimum absolute atomic E-state index is 0.00390. The molecule has 24 heavy (non-hydrogen) atoms. The zero-order valence-electron chi connectivity index (χ0n) is 13.1. The Hall–Kier alpha value is -1.99. The van der Waals surface area contributed by atoms with Crippen LogP contribution in [-0.4, -0.2) is 21.3 Å². The maximum absolute atomic E-state index is 12.7. The molecular formula is C17H18F3N3O. The lowest BCUT2D eigenvalue weighted by Crippen LogP contribution is -2.46. The molecule has 2 N–H and O–H groups in total. The van der Waals surface area contributed by atoms with Crippen LogP contribution in [0.15, 0.2) is 42.7 Å². The Labute approximate surface area is 137 Å². The summed E-state index contributed by atoms with van der Waals surface area (Å²) in [6.45, 7) is 1.94. The van der Waals surface area contributed by atoms with Crippen molar-refractivity contribution in [2.75, 3.05) is 0 Å². The van der Waals surface area contributed by atoms with Crippen molar-refractivity contribution in [3.63, 3.8) is 0 Å². The monoisotopic (exact) mass is 337 g/mol. The number of alkyl halides is 3. The lowest BCUT2D eigenvalue weighted by atomic mass is 9.77. The molecular weight excluding hydrogens is 319 g/mol. The molecule has 1 aliphatic heterocycles. The minimum Gasteiger partial charge on any atom is -0.385 e. The van der Waals surface area contributed by atoms with Crippen LogP contribution in [0.25, 0.3) is 0 Å². The number of nitrogens with zero attached hydrogens (tertiary/aromatic N) is 2. The van der Waals surface area contributed by atoms with Crippen LogP contribution in [0.3, 0.4) is 0 Å². The zero-order chi connectivity index (χ0) is 17.4. The minimum atomic E-state index is -4.38. The van der Waals surface area contributed by atoms with E-state index in [9.17, 15) is 18.3 Å². The van der Waals surface area contributed by atoms with Crippen LogP contribution >= 0.6 is 0 Å². The van der Waals surface area contributed by atoms with E-state index in [0.29, 0.717) is 18.4 Å². The molecule has 0 saturated carbocycles. The standard InChI is InChI=1S/C17H18F3N3O/c1-11-8-16(24,9-15(23-11)12-6-7-21-22-10-12)13-2-4-14(5-3-13)17(18,19)20/h2-7,10-11,15,23-24H,8-9H2,1H3/t11-,15-,16?/m0/s1. The van der Waals surface area contributed by atoms with Gasteiger partial charge >= 0.3 is 6.18 Å². The summed E-state index contributed by atoms with van der Waals surface area (Å²) in [6.07, 6.45) is -0.397. The highest BCUT2D eigenvalue weighted by Gasteiger charge is 2.40. The summed E-state index contributed by atoms with van der Waals surface area (Å²) < 4.78 is 38.2. The van der Waals surface area contributed by atoms with Crippen LogP contribution in [0.5, 0.6) is 0 Å². The van der Waals surface area contributed by atoms with E-state index < -0.39 is 17.3 Å². The van der Waals surface area contributed by atoms with Crippen molar-refractivity contribution in [3.8, 4) is 0 Å². The Morgan fingerprint density at radius 3 is 2.42 bits per heavy atom. The van der Waals surface area contributed by atoms with Crippen molar-refractivity contribution in [2.45, 2.75) is 43.6 Å². The van der Waals surface area contributed by atoms with Crippen molar-refractivity contribution in [3.05, 3.63) is 59.4 Å². The van der Waals surface area contributed by atoms with Gasteiger partial charge in [0.15, 0.2) is 0 Å². The number of aliphatic hydroxyl groups is 1. The van der Waals surface area contributed by atoms with Crippen LogP contribution in [0.1, 0.15) is 42.5 Å². The fourth-order valence-corrected chi connectivity index (χ4v) is 3.32. The van der Waals surface area contributed by atoms with Gasteiger partial charge < -0.3 is 10.4 Å². The summed E-state index contributed by atoms with van der Waals surface area (Å²) in [6, 6.07) is 6.44. The van der Waals surface area contributed by atoms with Gasteiger partial charge in [-0.2, -0.15) is 23.4 Å². The van der Waals surface area contributed by atoms with E-state index in [1.54, 1.807) is 12.4 Å². The van der Waals surface area contributed by atoms with Gasteiger partial charge in [0, 0.05) is 18.3 Å². The molecule has 3 rings (SSSR count). The van der Waals surface area contributed by atoms with E-state index in [-0.39, 0.29) is 12.1 Å². The summed E-state index contributed by atoms with van der Waals surface area (Å²) >= 11 is 0. The summed E-state index contributed by atoms with van der Waals surface area (Å²) in [7, 11) is 0. The second kappa shape index (κ2) is 6.14. The van der Waals surface area contributed by atoms with Crippen LogP contribution in [0.4, 0.5) is 13.2 Å². The third-order valence-electron chi connectivity index (χ3n) is 4.43. The molecule has 2 aromatic rings. The van der Waals surface area contributed by atoms with Gasteiger partial charge in [-0.3, -0.25) is 0 Å². The van der Waals surface area contributed by atoms with Gasteiger partial charge in [-0.1, -0.05) is 12.1 Å². The summed E-state index contributed by atoms with van der Waals surface area (Å²) in [4.78, 5) is 0. The Morgan fingerprint density at radius 1 is 1.12 bits per heavy atom. The molecule has 1 unspecified atom stereocenters. The number of halogens is 3. The van der Waals surface area contributed by atoms with Gasteiger partial charge in [0.2, 0.25) is 0 Å². The third kappa shape index (κ3) is 3.42. The molecule has 0 amide bonds. The first-order valence-electron chi connectivity index (χ1n) is 7.71. The summed E-state index contributed by atoms with van der Waals surface area (Å²) in [5, 5.41) is 22.1. The predicted octanol–water partition coefficient (Wildman–Crippen LogP) is 3.20. The average Bonchev–Trinajstić information content (AvgIpc) is 2.54. The lowest BCUT2D eigenvalue weighted by molar-refractivity contribution is -0.137. The molecule has 1 aromatic carbocycles. The molecule has 0 radical (unpaired) electrons. The second-order valence-electron chi connectivity index (χ2n) is 6.31. The Kier molecular flexibility index (Phi) is 4.31. The topological polar surface area (TPSA) is 58.0 Å². The van der Waals surface area contributed by atoms with Gasteiger partial charge in [0.1, 0.15) is 0 Å². The van der Waals surface area contributed by atoms with Crippen molar-refractivity contribution in [1.29, 1.82) is 0 Å². The van der Waals surface area contributed by atoms with Crippen LogP contribution in [0, 0.1) is 0 Å². The van der Waals surface area contributed by atoms with Crippen LogP contribution < -0.4 is 5.32 Å². The average molecular weight is 337 g/mol. The molecule has 1 saturated heterocycles. The van der Waals surface area contributed by atoms with E-state index in [1.165, 1.54) is 12.1 Å². The predicted molar refractivity (Wildman–Crippen MR) is 81.9 cm³/mol. The van der Waals surface area contributed by atoms with E-state index in [1.807, 2.05) is 13.0 Å².